The minimum atomic E-state index is -0.535. The van der Waals surface area contributed by atoms with E-state index in [9.17, 15) is 0 Å². The lowest BCUT2D eigenvalue weighted by Crippen LogP contribution is -2.34. The molecule has 240 valence electrons. The zero-order valence-electron chi connectivity index (χ0n) is 28.0. The van der Waals surface area contributed by atoms with Crippen molar-refractivity contribution in [1.82, 2.24) is 0 Å². The lowest BCUT2D eigenvalue weighted by molar-refractivity contribution is 0.435. The maximum Gasteiger partial charge on any atom is 0.132 e. The van der Waals surface area contributed by atoms with Crippen molar-refractivity contribution in [2.24, 2.45) is 0 Å². The first-order valence-electron chi connectivity index (χ1n) is 17.7. The predicted octanol–water partition coefficient (Wildman–Crippen LogP) is 12.2. The van der Waals surface area contributed by atoms with Crippen LogP contribution < -0.4 is 4.74 Å². The number of fused-ring (bicyclic) bond motifs is 5. The van der Waals surface area contributed by atoms with E-state index in [1.807, 2.05) is 0 Å². The molecule has 0 amide bonds. The Morgan fingerprint density at radius 2 is 0.667 bits per heavy atom. The van der Waals surface area contributed by atoms with Gasteiger partial charge in [0, 0.05) is 11.1 Å². The van der Waals surface area contributed by atoms with Crippen molar-refractivity contribution in [2.75, 3.05) is 0 Å². The van der Waals surface area contributed by atoms with Crippen LogP contribution in [0.1, 0.15) is 44.5 Å². The lowest BCUT2D eigenvalue weighted by Gasteiger charge is -2.41. The van der Waals surface area contributed by atoms with E-state index >= 15 is 0 Å². The van der Waals surface area contributed by atoms with E-state index in [-0.39, 0.29) is 0 Å². The van der Waals surface area contributed by atoms with Gasteiger partial charge in [0.15, 0.2) is 0 Å². The quantitative estimate of drug-likeness (QED) is 0.180. The monoisotopic (exact) mass is 650 g/mol. The van der Waals surface area contributed by atoms with Gasteiger partial charge in [0.1, 0.15) is 11.5 Å². The zero-order chi connectivity index (χ0) is 33.8. The SMILES string of the molecule is c1ccc(C2(c3ccccc3)c3ccccc3Oc3cc(-c4ccc5c(c4)-c4ccccc4C5(c4ccccc4)c4ccccc4)ccc32)cc1. The molecule has 8 aromatic carbocycles. The molecule has 0 saturated carbocycles. The summed E-state index contributed by atoms with van der Waals surface area (Å²) in [6.45, 7) is 0. The molecule has 0 spiro atoms. The molecule has 0 fully saturated rings. The molecule has 0 saturated heterocycles. The summed E-state index contributed by atoms with van der Waals surface area (Å²) in [4.78, 5) is 0. The van der Waals surface area contributed by atoms with E-state index in [1.165, 1.54) is 44.5 Å². The van der Waals surface area contributed by atoms with Crippen LogP contribution in [0.5, 0.6) is 11.5 Å². The third-order valence-corrected chi connectivity index (χ3v) is 11.1. The van der Waals surface area contributed by atoms with E-state index in [4.69, 9.17) is 4.74 Å². The predicted molar refractivity (Wildman–Crippen MR) is 208 cm³/mol. The van der Waals surface area contributed by atoms with E-state index < -0.39 is 10.8 Å². The van der Waals surface area contributed by atoms with Gasteiger partial charge in [-0.05, 0) is 73.8 Å². The Kier molecular flexibility index (Phi) is 6.69. The van der Waals surface area contributed by atoms with Gasteiger partial charge in [-0.25, -0.2) is 0 Å². The summed E-state index contributed by atoms with van der Waals surface area (Å²) < 4.78 is 6.84. The number of benzene rings is 8. The molecule has 1 aliphatic heterocycles. The topological polar surface area (TPSA) is 9.23 Å². The van der Waals surface area contributed by atoms with E-state index in [2.05, 4.69) is 206 Å². The van der Waals surface area contributed by atoms with Gasteiger partial charge in [-0.2, -0.15) is 0 Å². The highest BCUT2D eigenvalue weighted by molar-refractivity contribution is 5.89. The third kappa shape index (κ3) is 4.22. The van der Waals surface area contributed by atoms with Gasteiger partial charge in [0.25, 0.3) is 0 Å². The van der Waals surface area contributed by atoms with Crippen molar-refractivity contribution >= 4 is 0 Å². The number of rotatable bonds is 5. The standard InChI is InChI=1S/C50H34O/c1-5-17-37(18-6-1)49(38-19-7-2-8-20-38)43-26-14-13-25-41(43)42-33-35(29-31-44(42)49)36-30-32-46-48(34-36)51-47-28-16-15-27-45(47)50(46,39-21-9-3-10-22-39)40-23-11-4-12-24-40/h1-34H. The fourth-order valence-corrected chi connectivity index (χ4v) is 9.02. The molecule has 51 heavy (non-hydrogen) atoms. The van der Waals surface area contributed by atoms with Crippen molar-refractivity contribution in [1.29, 1.82) is 0 Å². The normalized spacial score (nSPS) is 14.4. The van der Waals surface area contributed by atoms with Gasteiger partial charge in [0.2, 0.25) is 0 Å². The fourth-order valence-electron chi connectivity index (χ4n) is 9.02. The number of hydrogen-bond acceptors (Lipinski definition) is 1. The molecule has 8 aromatic rings. The van der Waals surface area contributed by atoms with E-state index in [1.54, 1.807) is 0 Å². The van der Waals surface area contributed by atoms with E-state index in [0.29, 0.717) is 0 Å². The van der Waals surface area contributed by atoms with Gasteiger partial charge < -0.3 is 4.74 Å². The number of ether oxygens (including phenoxy) is 1. The second-order valence-corrected chi connectivity index (χ2v) is 13.6. The van der Waals surface area contributed by atoms with E-state index in [0.717, 1.165) is 33.8 Å². The van der Waals surface area contributed by atoms with Crippen molar-refractivity contribution in [2.45, 2.75) is 10.8 Å². The highest BCUT2D eigenvalue weighted by atomic mass is 16.5. The second kappa shape index (κ2) is 11.6. The lowest BCUT2D eigenvalue weighted by atomic mass is 9.63. The van der Waals surface area contributed by atoms with Crippen LogP contribution in [0.15, 0.2) is 206 Å². The fraction of sp³-hybridized carbons (Fsp3) is 0.0400. The van der Waals surface area contributed by atoms with Crippen LogP contribution in [0.25, 0.3) is 22.3 Å². The molecular weight excluding hydrogens is 617 g/mol. The molecule has 1 aliphatic carbocycles. The van der Waals surface area contributed by atoms with Gasteiger partial charge in [-0.15, -0.1) is 0 Å². The summed E-state index contributed by atoms with van der Waals surface area (Å²) in [5, 5.41) is 0. The molecular formula is C50H34O. The molecule has 1 heteroatoms. The van der Waals surface area contributed by atoms with Crippen molar-refractivity contribution in [3.05, 3.63) is 251 Å². The Morgan fingerprint density at radius 1 is 0.275 bits per heavy atom. The Bertz CT molecular complexity index is 2460. The first kappa shape index (κ1) is 29.5. The molecule has 1 heterocycles. The van der Waals surface area contributed by atoms with Crippen molar-refractivity contribution in [3.63, 3.8) is 0 Å². The first-order chi connectivity index (χ1) is 25.3. The molecule has 0 N–H and O–H groups in total. The molecule has 1 nitrogen and oxygen atoms in total. The van der Waals surface area contributed by atoms with Crippen LogP contribution in [0, 0.1) is 0 Å². The smallest absolute Gasteiger partial charge is 0.132 e. The maximum atomic E-state index is 6.84. The summed E-state index contributed by atoms with van der Waals surface area (Å²) in [7, 11) is 0. The van der Waals surface area contributed by atoms with Crippen LogP contribution >= 0.6 is 0 Å². The van der Waals surface area contributed by atoms with Crippen LogP contribution in [-0.2, 0) is 10.8 Å². The molecule has 0 aromatic heterocycles. The molecule has 10 rings (SSSR count). The summed E-state index contributed by atoms with van der Waals surface area (Å²) in [5.41, 5.74) is 13.8. The zero-order valence-corrected chi connectivity index (χ0v) is 28.0. The molecule has 0 bridgehead atoms. The summed E-state index contributed by atoms with van der Waals surface area (Å²) in [6.07, 6.45) is 0. The molecule has 2 aliphatic rings. The Labute approximate surface area is 299 Å². The summed E-state index contributed by atoms with van der Waals surface area (Å²) in [5.74, 6) is 1.76. The molecule has 0 radical (unpaired) electrons. The Hall–Kier alpha value is -6.44. The Morgan fingerprint density at radius 3 is 1.24 bits per heavy atom. The average molecular weight is 651 g/mol. The highest BCUT2D eigenvalue weighted by Gasteiger charge is 2.47. The average Bonchev–Trinajstić information content (AvgIpc) is 3.51. The first-order valence-corrected chi connectivity index (χ1v) is 17.7. The second-order valence-electron chi connectivity index (χ2n) is 13.6. The minimum Gasteiger partial charge on any atom is -0.457 e. The van der Waals surface area contributed by atoms with Crippen molar-refractivity contribution < 1.29 is 4.74 Å². The largest absolute Gasteiger partial charge is 0.457 e. The van der Waals surface area contributed by atoms with Gasteiger partial charge in [0.05, 0.1) is 10.8 Å². The summed E-state index contributed by atoms with van der Waals surface area (Å²) in [6, 6.07) is 75.0. The summed E-state index contributed by atoms with van der Waals surface area (Å²) >= 11 is 0. The number of hydrogen-bond donors (Lipinski definition) is 0. The van der Waals surface area contributed by atoms with Crippen LogP contribution in [0.3, 0.4) is 0 Å². The van der Waals surface area contributed by atoms with Gasteiger partial charge in [-0.1, -0.05) is 188 Å². The van der Waals surface area contributed by atoms with Crippen LogP contribution in [0.4, 0.5) is 0 Å². The van der Waals surface area contributed by atoms with Gasteiger partial charge >= 0.3 is 0 Å². The van der Waals surface area contributed by atoms with Crippen molar-refractivity contribution in [3.8, 4) is 33.8 Å². The maximum absolute atomic E-state index is 6.84. The van der Waals surface area contributed by atoms with Crippen LogP contribution in [-0.4, -0.2) is 0 Å². The highest BCUT2D eigenvalue weighted by Crippen LogP contribution is 2.58. The van der Waals surface area contributed by atoms with Gasteiger partial charge in [-0.3, -0.25) is 0 Å². The molecule has 0 unspecified atom stereocenters. The molecule has 0 atom stereocenters. The Balaban J connectivity index is 1.19. The minimum absolute atomic E-state index is 0.416. The van der Waals surface area contributed by atoms with Crippen LogP contribution in [0.2, 0.25) is 0 Å². The number of para-hydroxylation sites is 1. The third-order valence-electron chi connectivity index (χ3n) is 11.1.